The molecule has 3 N–H and O–H groups in total. The fourth-order valence-electron chi connectivity index (χ4n) is 2.74. The number of anilines is 1. The van der Waals surface area contributed by atoms with Crippen LogP contribution in [-0.4, -0.2) is 54.9 Å². The molecule has 0 spiro atoms. The molecule has 0 aliphatic carbocycles. The largest absolute Gasteiger partial charge is 0.396 e. The number of hydrogen-bond donors (Lipinski definition) is 3. The van der Waals surface area contributed by atoms with Gasteiger partial charge < -0.3 is 20.6 Å². The van der Waals surface area contributed by atoms with Crippen LogP contribution in [0.2, 0.25) is 0 Å². The third-order valence-electron chi connectivity index (χ3n) is 4.77. The van der Waals surface area contributed by atoms with Gasteiger partial charge in [0.2, 0.25) is 0 Å². The lowest BCUT2D eigenvalue weighted by molar-refractivity contribution is 0.145. The molecule has 0 bridgehead atoms. The monoisotopic (exact) mass is 351 g/mol. The molecule has 6 nitrogen and oxygen atoms in total. The molecule has 0 aromatic carbocycles. The smallest absolute Gasteiger partial charge is 0.191 e. The Hall–Kier alpha value is -1.89. The number of pyridine rings is 1. The first-order chi connectivity index (χ1) is 12.0. The van der Waals surface area contributed by atoms with E-state index < -0.39 is 0 Å². The quantitative estimate of drug-likeness (QED) is 0.516. The first kappa shape index (κ1) is 19.4. The molecule has 2 rings (SSSR count). The van der Waals surface area contributed by atoms with Crippen LogP contribution in [0.1, 0.15) is 33.6 Å². The van der Waals surface area contributed by atoms with Gasteiger partial charge in [0, 0.05) is 37.3 Å². The van der Waals surface area contributed by atoms with Crippen molar-refractivity contribution in [2.45, 2.75) is 39.7 Å². The van der Waals surface area contributed by atoms with Crippen molar-refractivity contribution in [3.05, 3.63) is 24.1 Å². The lowest BCUT2D eigenvalue weighted by Crippen LogP contribution is -2.45. The second kappa shape index (κ2) is 8.99. The molecule has 2 atom stereocenters. The zero-order valence-electron chi connectivity index (χ0n) is 15.4. The summed E-state index contributed by atoms with van der Waals surface area (Å²) in [7, 11) is 0. The molecule has 1 aliphatic rings. The van der Waals surface area contributed by atoms with Crippen LogP contribution >= 0.6 is 0 Å². The lowest BCUT2D eigenvalue weighted by Gasteiger charge is -2.24. The van der Waals surface area contributed by atoms with Crippen molar-refractivity contribution in [1.82, 2.24) is 15.6 Å². The number of guanidine groups is 1. The molecule has 0 amide bonds. The van der Waals surface area contributed by atoms with E-state index in [0.717, 1.165) is 31.9 Å². The van der Waals surface area contributed by atoms with Crippen molar-refractivity contribution in [2.24, 2.45) is 10.4 Å². The number of aliphatic imine (C=N–C) groups is 1. The van der Waals surface area contributed by atoms with E-state index >= 15 is 0 Å². The fraction of sp³-hybridized carbons (Fsp3) is 0.667. The van der Waals surface area contributed by atoms with Crippen LogP contribution in [0.3, 0.4) is 0 Å². The number of aromatic nitrogens is 1. The zero-order chi connectivity index (χ0) is 18.3. The Morgan fingerprint density at radius 1 is 1.52 bits per heavy atom. The van der Waals surface area contributed by atoms with Gasteiger partial charge in [0.1, 0.15) is 0 Å². The van der Waals surface area contributed by atoms with E-state index in [0.29, 0.717) is 18.9 Å². The van der Waals surface area contributed by atoms with Crippen LogP contribution in [-0.2, 0) is 0 Å². The van der Waals surface area contributed by atoms with Gasteiger partial charge in [-0.2, -0.15) is 0 Å². The van der Waals surface area contributed by atoms with Crippen LogP contribution in [0.25, 0.3) is 0 Å². The number of halogens is 1. The van der Waals surface area contributed by atoms with Crippen LogP contribution in [0, 0.1) is 11.2 Å². The molecule has 1 aliphatic heterocycles. The average Bonchev–Trinajstić information content (AvgIpc) is 3.08. The first-order valence-electron chi connectivity index (χ1n) is 9.02. The molecular formula is C18H30FN5O. The van der Waals surface area contributed by atoms with Crippen molar-refractivity contribution in [1.29, 1.82) is 0 Å². The number of nitrogens with one attached hydrogen (secondary N) is 2. The summed E-state index contributed by atoms with van der Waals surface area (Å²) in [6, 6.07) is 3.22. The highest BCUT2D eigenvalue weighted by Crippen LogP contribution is 2.21. The Labute approximate surface area is 149 Å². The minimum Gasteiger partial charge on any atom is -0.396 e. The first-order valence-corrected chi connectivity index (χ1v) is 9.02. The van der Waals surface area contributed by atoms with Crippen LogP contribution in [0.15, 0.2) is 23.3 Å². The third kappa shape index (κ3) is 5.29. The summed E-state index contributed by atoms with van der Waals surface area (Å²) in [5.41, 5.74) is -0.207. The Morgan fingerprint density at radius 3 is 2.96 bits per heavy atom. The van der Waals surface area contributed by atoms with E-state index in [1.807, 2.05) is 18.7 Å². The Kier molecular flexibility index (Phi) is 6.99. The molecule has 140 valence electrons. The molecule has 0 radical (unpaired) electrons. The number of aliphatic hydroxyl groups excluding tert-OH is 1. The number of hydrogen-bond acceptors (Lipinski definition) is 4. The predicted molar refractivity (Wildman–Crippen MR) is 99.4 cm³/mol. The summed E-state index contributed by atoms with van der Waals surface area (Å²) in [5, 5.41) is 16.2. The third-order valence-corrected chi connectivity index (χ3v) is 4.77. The number of rotatable bonds is 7. The topological polar surface area (TPSA) is 72.8 Å². The fourth-order valence-corrected chi connectivity index (χ4v) is 2.74. The summed E-state index contributed by atoms with van der Waals surface area (Å²) in [6.45, 7) is 8.98. The second-order valence-corrected chi connectivity index (χ2v) is 6.90. The van der Waals surface area contributed by atoms with Gasteiger partial charge in [0.05, 0.1) is 13.2 Å². The van der Waals surface area contributed by atoms with E-state index in [1.54, 1.807) is 12.3 Å². The summed E-state index contributed by atoms with van der Waals surface area (Å²) < 4.78 is 13.9. The van der Waals surface area contributed by atoms with Crippen LogP contribution in [0.4, 0.5) is 10.2 Å². The maximum absolute atomic E-state index is 13.9. The van der Waals surface area contributed by atoms with Gasteiger partial charge in [-0.15, -0.1) is 0 Å². The predicted octanol–water partition coefficient (Wildman–Crippen LogP) is 1.76. The van der Waals surface area contributed by atoms with Crippen LogP contribution in [0.5, 0.6) is 0 Å². The maximum atomic E-state index is 13.9. The lowest BCUT2D eigenvalue weighted by atomic mass is 9.89. The molecule has 7 heteroatoms. The highest BCUT2D eigenvalue weighted by atomic mass is 19.1. The Balaban J connectivity index is 1.97. The van der Waals surface area contributed by atoms with Crippen molar-refractivity contribution in [3.8, 4) is 0 Å². The summed E-state index contributed by atoms with van der Waals surface area (Å²) >= 11 is 0. The summed E-state index contributed by atoms with van der Waals surface area (Å²) in [4.78, 5) is 10.7. The maximum Gasteiger partial charge on any atom is 0.191 e. The molecule has 1 aromatic rings. The molecule has 2 unspecified atom stereocenters. The highest BCUT2D eigenvalue weighted by Gasteiger charge is 2.26. The SMILES string of the molecule is CCNC(=NCC(C)(CC)CO)NC1CCN(c2ncccc2F)C1. The summed E-state index contributed by atoms with van der Waals surface area (Å²) in [5.74, 6) is 0.863. The van der Waals surface area contributed by atoms with E-state index in [2.05, 4.69) is 27.5 Å². The number of nitrogens with zero attached hydrogens (tertiary/aromatic N) is 3. The minimum absolute atomic E-state index is 0.114. The van der Waals surface area contributed by atoms with Crippen molar-refractivity contribution in [3.63, 3.8) is 0 Å². The van der Waals surface area contributed by atoms with Gasteiger partial charge in [-0.25, -0.2) is 9.37 Å². The molecule has 1 saturated heterocycles. The molecule has 1 aromatic heterocycles. The van der Waals surface area contributed by atoms with Gasteiger partial charge in [-0.05, 0) is 31.9 Å². The highest BCUT2D eigenvalue weighted by molar-refractivity contribution is 5.80. The van der Waals surface area contributed by atoms with Gasteiger partial charge in [-0.1, -0.05) is 13.8 Å². The van der Waals surface area contributed by atoms with Crippen molar-refractivity contribution >= 4 is 11.8 Å². The van der Waals surface area contributed by atoms with Crippen molar-refractivity contribution in [2.75, 3.05) is 37.7 Å². The molecule has 0 saturated carbocycles. The van der Waals surface area contributed by atoms with Gasteiger partial charge >= 0.3 is 0 Å². The van der Waals surface area contributed by atoms with E-state index in [1.165, 1.54) is 6.07 Å². The normalized spacial score (nSPS) is 20.4. The van der Waals surface area contributed by atoms with Gasteiger partial charge in [0.25, 0.3) is 0 Å². The molecular weight excluding hydrogens is 321 g/mol. The van der Waals surface area contributed by atoms with Gasteiger partial charge in [-0.3, -0.25) is 4.99 Å². The Bertz CT molecular complexity index is 576. The Morgan fingerprint density at radius 2 is 2.32 bits per heavy atom. The molecule has 25 heavy (non-hydrogen) atoms. The summed E-state index contributed by atoms with van der Waals surface area (Å²) in [6.07, 6.45) is 3.37. The standard InChI is InChI=1S/C18H30FN5O/c1-4-18(3,13-25)12-22-17(20-5-2)23-14-8-10-24(11-14)16-15(19)7-6-9-21-16/h6-7,9,14,25H,4-5,8,10-13H2,1-3H3,(H2,20,22,23). The average molecular weight is 351 g/mol. The van der Waals surface area contributed by atoms with Crippen molar-refractivity contribution < 1.29 is 9.50 Å². The minimum atomic E-state index is -0.287. The van der Waals surface area contributed by atoms with E-state index in [9.17, 15) is 9.50 Å². The second-order valence-electron chi connectivity index (χ2n) is 6.90. The molecule has 2 heterocycles. The number of aliphatic hydroxyl groups is 1. The van der Waals surface area contributed by atoms with E-state index in [4.69, 9.17) is 0 Å². The molecule has 1 fully saturated rings. The van der Waals surface area contributed by atoms with Crippen LogP contribution < -0.4 is 15.5 Å². The van der Waals surface area contributed by atoms with Gasteiger partial charge in [0.15, 0.2) is 17.6 Å². The van der Waals surface area contributed by atoms with E-state index in [-0.39, 0.29) is 23.9 Å². The zero-order valence-corrected chi connectivity index (χ0v) is 15.4.